The highest BCUT2D eigenvalue weighted by Crippen LogP contribution is 2.38. The second kappa shape index (κ2) is 7.13. The zero-order valence-electron chi connectivity index (χ0n) is 12.9. The number of phenolic OH excluding ortho intramolecular Hbond substituents is 1. The second-order valence-corrected chi connectivity index (χ2v) is 6.81. The first-order valence-corrected chi connectivity index (χ1v) is 8.78. The van der Waals surface area contributed by atoms with E-state index in [0.717, 1.165) is 5.56 Å². The number of carbonyl (C=O) groups excluding carboxylic acids is 1. The molecule has 0 spiro atoms. The molecule has 2 rings (SSSR count). The van der Waals surface area contributed by atoms with Crippen LogP contribution >= 0.6 is 7.75 Å². The van der Waals surface area contributed by atoms with Crippen LogP contribution in [0.5, 0.6) is 5.75 Å². The number of benzene rings is 1. The zero-order chi connectivity index (χ0) is 17.9. The van der Waals surface area contributed by atoms with Gasteiger partial charge in [0.25, 0.3) is 0 Å². The van der Waals surface area contributed by atoms with Crippen LogP contribution in [-0.4, -0.2) is 31.5 Å². The van der Waals surface area contributed by atoms with Gasteiger partial charge in [-0.25, -0.2) is 4.57 Å². The Morgan fingerprint density at radius 3 is 2.67 bits per heavy atom. The van der Waals surface area contributed by atoms with Crippen LogP contribution in [0.4, 0.5) is 0 Å². The first-order chi connectivity index (χ1) is 11.2. The number of aromatic hydroxyl groups is 1. The van der Waals surface area contributed by atoms with E-state index in [1.807, 2.05) is 0 Å². The van der Waals surface area contributed by atoms with E-state index < -0.39 is 19.4 Å². The number of allylic oxidation sites excluding steroid dienone is 4. The topological polar surface area (TPSA) is 127 Å². The number of rotatable bonds is 5. The number of Topliss-reactive ketones (excluding diaryl/α,β-unsaturated/α-hetero) is 1. The molecule has 4 N–H and O–H groups in total. The van der Waals surface area contributed by atoms with Gasteiger partial charge in [0.05, 0.1) is 5.71 Å². The Balaban J connectivity index is 2.23. The van der Waals surface area contributed by atoms with Gasteiger partial charge in [-0.05, 0) is 35.8 Å². The van der Waals surface area contributed by atoms with Crippen LogP contribution in [0, 0.1) is 5.92 Å². The molecule has 0 fully saturated rings. The van der Waals surface area contributed by atoms with Crippen molar-refractivity contribution in [2.24, 2.45) is 10.7 Å². The van der Waals surface area contributed by atoms with Gasteiger partial charge in [-0.1, -0.05) is 25.1 Å². The monoisotopic (exact) mass is 351 g/mol. The van der Waals surface area contributed by atoms with Gasteiger partial charge in [-0.15, -0.1) is 0 Å². The van der Waals surface area contributed by atoms with Crippen molar-refractivity contribution in [2.75, 3.05) is 0 Å². The standard InChI is InChI=1S/C16H18NO6P/c1-10(11-4-2-5-12(18)9-11)8-15(20)16-13(17-24(21,22)23)6-3-7-14(16)19/h2-7,9-10,16,18-19H,8H2,1H3,(H2,21,22,23). The van der Waals surface area contributed by atoms with Gasteiger partial charge in [-0.2, -0.15) is 4.76 Å². The van der Waals surface area contributed by atoms with E-state index in [4.69, 9.17) is 9.79 Å². The van der Waals surface area contributed by atoms with Crippen LogP contribution < -0.4 is 0 Å². The third kappa shape index (κ3) is 4.64. The lowest BCUT2D eigenvalue weighted by Gasteiger charge is -2.20. The third-order valence-electron chi connectivity index (χ3n) is 3.64. The molecule has 1 aromatic rings. The summed E-state index contributed by atoms with van der Waals surface area (Å²) >= 11 is 0. The highest BCUT2D eigenvalue weighted by atomic mass is 31.2. The van der Waals surface area contributed by atoms with Crippen LogP contribution in [0.1, 0.15) is 24.8 Å². The Kier molecular flexibility index (Phi) is 5.39. The van der Waals surface area contributed by atoms with Crippen molar-refractivity contribution in [3.63, 3.8) is 0 Å². The minimum atomic E-state index is -4.72. The summed E-state index contributed by atoms with van der Waals surface area (Å²) in [6, 6.07) is 6.48. The van der Waals surface area contributed by atoms with Gasteiger partial charge in [0.2, 0.25) is 0 Å². The predicted octanol–water partition coefficient (Wildman–Crippen LogP) is 2.62. The number of nitrogens with zero attached hydrogens (tertiary/aromatic N) is 1. The molecule has 0 amide bonds. The van der Waals surface area contributed by atoms with Crippen molar-refractivity contribution in [3.05, 3.63) is 53.8 Å². The molecule has 0 saturated heterocycles. The number of carbonyl (C=O) groups is 1. The van der Waals surface area contributed by atoms with Gasteiger partial charge in [-0.3, -0.25) is 4.79 Å². The van der Waals surface area contributed by atoms with Crippen molar-refractivity contribution in [2.45, 2.75) is 19.3 Å². The highest BCUT2D eigenvalue weighted by molar-refractivity contribution is 7.50. The van der Waals surface area contributed by atoms with Gasteiger partial charge in [0, 0.05) is 6.42 Å². The Bertz CT molecular complexity index is 777. The number of aliphatic hydroxyl groups excluding tert-OH is 1. The quantitative estimate of drug-likeness (QED) is 0.604. The molecule has 1 aliphatic rings. The Morgan fingerprint density at radius 1 is 1.33 bits per heavy atom. The maximum atomic E-state index is 12.5. The number of phenols is 1. The van der Waals surface area contributed by atoms with Crippen LogP contribution in [0.2, 0.25) is 0 Å². The molecule has 2 atom stereocenters. The fraction of sp³-hybridized carbons (Fsp3) is 0.250. The Labute approximate surface area is 138 Å². The average molecular weight is 351 g/mol. The fourth-order valence-corrected chi connectivity index (χ4v) is 3.01. The lowest BCUT2D eigenvalue weighted by Crippen LogP contribution is -2.27. The molecule has 0 aromatic heterocycles. The van der Waals surface area contributed by atoms with Crippen molar-refractivity contribution >= 4 is 19.2 Å². The molecular formula is C16H18NO6P. The van der Waals surface area contributed by atoms with E-state index in [1.165, 1.54) is 24.3 Å². The molecular weight excluding hydrogens is 333 g/mol. The molecule has 24 heavy (non-hydrogen) atoms. The zero-order valence-corrected chi connectivity index (χ0v) is 13.8. The molecule has 0 aliphatic heterocycles. The van der Waals surface area contributed by atoms with E-state index in [2.05, 4.69) is 4.76 Å². The number of aliphatic hydroxyl groups is 1. The second-order valence-electron chi connectivity index (χ2n) is 5.59. The van der Waals surface area contributed by atoms with E-state index in [9.17, 15) is 19.6 Å². The van der Waals surface area contributed by atoms with Gasteiger partial charge in [0.15, 0.2) is 0 Å². The van der Waals surface area contributed by atoms with Crippen LogP contribution in [0.3, 0.4) is 0 Å². The normalized spacial score (nSPS) is 20.7. The van der Waals surface area contributed by atoms with Crippen LogP contribution in [0.15, 0.2) is 53.0 Å². The predicted molar refractivity (Wildman–Crippen MR) is 89.0 cm³/mol. The van der Waals surface area contributed by atoms with Crippen molar-refractivity contribution < 1.29 is 29.4 Å². The summed E-state index contributed by atoms with van der Waals surface area (Å²) in [5.74, 6) is -2.10. The maximum absolute atomic E-state index is 12.5. The average Bonchev–Trinajstić information content (AvgIpc) is 2.45. The summed E-state index contributed by atoms with van der Waals surface area (Å²) in [6.45, 7) is 1.78. The summed E-state index contributed by atoms with van der Waals surface area (Å²) in [4.78, 5) is 30.5. The first kappa shape index (κ1) is 18.1. The summed E-state index contributed by atoms with van der Waals surface area (Å²) in [6.07, 6.45) is 3.97. The SMILES string of the molecule is CC(CC(=O)C1C(O)=CC=CC1=NP(=O)(O)O)c1cccc(O)c1. The van der Waals surface area contributed by atoms with Gasteiger partial charge < -0.3 is 20.0 Å². The molecule has 2 unspecified atom stereocenters. The molecule has 0 heterocycles. The third-order valence-corrected chi connectivity index (χ3v) is 4.13. The molecule has 8 heteroatoms. The molecule has 0 radical (unpaired) electrons. The van der Waals surface area contributed by atoms with E-state index >= 15 is 0 Å². The van der Waals surface area contributed by atoms with E-state index in [1.54, 1.807) is 25.1 Å². The molecule has 7 nitrogen and oxygen atoms in total. The molecule has 1 aromatic carbocycles. The number of hydrogen-bond acceptors (Lipinski definition) is 4. The largest absolute Gasteiger partial charge is 0.511 e. The summed E-state index contributed by atoms with van der Waals surface area (Å²) < 4.78 is 14.3. The maximum Gasteiger partial charge on any atom is 0.448 e. The molecule has 0 bridgehead atoms. The molecule has 128 valence electrons. The van der Waals surface area contributed by atoms with Crippen molar-refractivity contribution in [1.82, 2.24) is 0 Å². The smallest absolute Gasteiger partial charge is 0.448 e. The summed E-state index contributed by atoms with van der Waals surface area (Å²) in [5, 5.41) is 19.5. The van der Waals surface area contributed by atoms with Gasteiger partial charge in [0.1, 0.15) is 23.2 Å². The van der Waals surface area contributed by atoms with Crippen LogP contribution in [-0.2, 0) is 9.36 Å². The van der Waals surface area contributed by atoms with E-state index in [-0.39, 0.29) is 29.6 Å². The highest BCUT2D eigenvalue weighted by Gasteiger charge is 2.31. The lowest BCUT2D eigenvalue weighted by atomic mass is 9.85. The van der Waals surface area contributed by atoms with E-state index in [0.29, 0.717) is 0 Å². The Hall–Kier alpha value is -2.21. The van der Waals surface area contributed by atoms with Crippen molar-refractivity contribution in [3.8, 4) is 5.75 Å². The lowest BCUT2D eigenvalue weighted by molar-refractivity contribution is -0.121. The summed E-state index contributed by atoms with van der Waals surface area (Å²) in [7, 11) is -4.72. The fourth-order valence-electron chi connectivity index (χ4n) is 2.53. The Morgan fingerprint density at radius 2 is 2.04 bits per heavy atom. The van der Waals surface area contributed by atoms with Gasteiger partial charge >= 0.3 is 7.75 Å². The number of ketones is 1. The molecule has 0 saturated carbocycles. The van der Waals surface area contributed by atoms with Crippen molar-refractivity contribution in [1.29, 1.82) is 0 Å². The minimum Gasteiger partial charge on any atom is -0.511 e. The molecule has 1 aliphatic carbocycles. The minimum absolute atomic E-state index is 0.0139. The number of hydrogen-bond donors (Lipinski definition) is 4. The summed E-state index contributed by atoms with van der Waals surface area (Å²) in [5.41, 5.74) is 0.572. The van der Waals surface area contributed by atoms with Crippen LogP contribution in [0.25, 0.3) is 0 Å². The first-order valence-electron chi connectivity index (χ1n) is 7.22.